The molecule has 0 spiro atoms. The zero-order valence-electron chi connectivity index (χ0n) is 11.8. The second-order valence-electron chi connectivity index (χ2n) is 6.04. The number of hydrogen-bond donors (Lipinski definition) is 1. The molecule has 1 fully saturated rings. The van der Waals surface area contributed by atoms with Gasteiger partial charge in [-0.25, -0.2) is 14.8 Å². The third-order valence-electron chi connectivity index (χ3n) is 3.34. The van der Waals surface area contributed by atoms with Gasteiger partial charge in [0, 0.05) is 18.5 Å². The lowest BCUT2D eigenvalue weighted by atomic mass is 9.91. The first-order valence-corrected chi connectivity index (χ1v) is 6.76. The van der Waals surface area contributed by atoms with Gasteiger partial charge in [-0.05, 0) is 25.3 Å². The predicted molar refractivity (Wildman–Crippen MR) is 73.8 cm³/mol. The van der Waals surface area contributed by atoms with Crippen LogP contribution in [0.4, 0.5) is 5.95 Å². The molecule has 1 aromatic heterocycles. The Balaban J connectivity index is 2.41. The van der Waals surface area contributed by atoms with E-state index in [9.17, 15) is 9.90 Å². The maximum absolute atomic E-state index is 11.2. The molecule has 2 heterocycles. The molecular weight excluding hydrogens is 242 g/mol. The third-order valence-corrected chi connectivity index (χ3v) is 3.34. The fourth-order valence-corrected chi connectivity index (χ4v) is 2.16. The molecule has 5 heteroatoms. The molecule has 0 aromatic carbocycles. The standard InChI is InChI=1S/C14H21N3O2/c1-14(2,3)11-9-10(12(18)19)15-13(16-11)17-7-5-4-6-8-17/h9H,4-8H2,1-3H3,(H,18,19). The maximum atomic E-state index is 11.2. The number of hydrogen-bond acceptors (Lipinski definition) is 4. The summed E-state index contributed by atoms with van der Waals surface area (Å²) in [6.45, 7) is 7.90. The highest BCUT2D eigenvalue weighted by Crippen LogP contribution is 2.24. The summed E-state index contributed by atoms with van der Waals surface area (Å²) in [7, 11) is 0. The number of anilines is 1. The van der Waals surface area contributed by atoms with Crippen molar-refractivity contribution in [2.75, 3.05) is 18.0 Å². The van der Waals surface area contributed by atoms with Crippen molar-refractivity contribution in [1.82, 2.24) is 9.97 Å². The zero-order chi connectivity index (χ0) is 14.0. The molecule has 0 amide bonds. The van der Waals surface area contributed by atoms with Crippen molar-refractivity contribution < 1.29 is 9.90 Å². The highest BCUT2D eigenvalue weighted by atomic mass is 16.4. The number of aromatic carboxylic acids is 1. The molecule has 0 saturated carbocycles. The van der Waals surface area contributed by atoms with E-state index >= 15 is 0 Å². The van der Waals surface area contributed by atoms with Gasteiger partial charge in [0.05, 0.1) is 5.69 Å². The van der Waals surface area contributed by atoms with Crippen LogP contribution in [0.5, 0.6) is 0 Å². The van der Waals surface area contributed by atoms with Gasteiger partial charge in [0.1, 0.15) is 0 Å². The molecule has 2 rings (SSSR count). The smallest absolute Gasteiger partial charge is 0.354 e. The molecule has 1 N–H and O–H groups in total. The Morgan fingerprint density at radius 3 is 2.37 bits per heavy atom. The molecule has 0 unspecified atom stereocenters. The summed E-state index contributed by atoms with van der Waals surface area (Å²) in [5.74, 6) is -0.435. The summed E-state index contributed by atoms with van der Waals surface area (Å²) in [5.41, 5.74) is 0.679. The van der Waals surface area contributed by atoms with Gasteiger partial charge >= 0.3 is 5.97 Å². The highest BCUT2D eigenvalue weighted by molar-refractivity contribution is 5.85. The highest BCUT2D eigenvalue weighted by Gasteiger charge is 2.22. The minimum Gasteiger partial charge on any atom is -0.477 e. The second kappa shape index (κ2) is 5.15. The van der Waals surface area contributed by atoms with E-state index in [0.29, 0.717) is 5.95 Å². The first-order valence-electron chi connectivity index (χ1n) is 6.76. The Morgan fingerprint density at radius 2 is 1.84 bits per heavy atom. The Morgan fingerprint density at radius 1 is 1.21 bits per heavy atom. The lowest BCUT2D eigenvalue weighted by molar-refractivity contribution is 0.0690. The van der Waals surface area contributed by atoms with E-state index in [2.05, 4.69) is 14.9 Å². The Bertz CT molecular complexity index is 474. The van der Waals surface area contributed by atoms with Crippen LogP contribution in [0.15, 0.2) is 6.07 Å². The fraction of sp³-hybridized carbons (Fsp3) is 0.643. The molecule has 1 aromatic rings. The summed E-state index contributed by atoms with van der Waals surface area (Å²) in [6, 6.07) is 1.58. The third kappa shape index (κ3) is 3.22. The van der Waals surface area contributed by atoms with E-state index in [4.69, 9.17) is 0 Å². The minimum atomic E-state index is -0.994. The van der Waals surface area contributed by atoms with E-state index in [-0.39, 0.29) is 11.1 Å². The van der Waals surface area contributed by atoms with Crippen LogP contribution < -0.4 is 4.90 Å². The molecule has 1 aliphatic heterocycles. The SMILES string of the molecule is CC(C)(C)c1cc(C(=O)O)nc(N2CCCCC2)n1. The molecule has 5 nitrogen and oxygen atoms in total. The number of piperidine rings is 1. The van der Waals surface area contributed by atoms with Crippen LogP contribution in [-0.4, -0.2) is 34.1 Å². The summed E-state index contributed by atoms with van der Waals surface area (Å²) in [6.07, 6.45) is 3.46. The Kier molecular flexibility index (Phi) is 3.73. The average molecular weight is 263 g/mol. The molecule has 0 atom stereocenters. The molecular formula is C14H21N3O2. The van der Waals surface area contributed by atoms with Crippen molar-refractivity contribution in [3.8, 4) is 0 Å². The van der Waals surface area contributed by atoms with E-state index in [1.165, 1.54) is 6.42 Å². The topological polar surface area (TPSA) is 66.3 Å². The molecule has 0 radical (unpaired) electrons. The zero-order valence-corrected chi connectivity index (χ0v) is 11.8. The van der Waals surface area contributed by atoms with Crippen LogP contribution >= 0.6 is 0 Å². The van der Waals surface area contributed by atoms with Crippen molar-refractivity contribution in [3.63, 3.8) is 0 Å². The van der Waals surface area contributed by atoms with Crippen molar-refractivity contribution in [1.29, 1.82) is 0 Å². The first kappa shape index (κ1) is 13.8. The maximum Gasteiger partial charge on any atom is 0.354 e. The average Bonchev–Trinajstić information content (AvgIpc) is 2.38. The van der Waals surface area contributed by atoms with Crippen molar-refractivity contribution in [2.45, 2.75) is 45.4 Å². The van der Waals surface area contributed by atoms with Crippen molar-refractivity contribution in [3.05, 3.63) is 17.5 Å². The summed E-state index contributed by atoms with van der Waals surface area (Å²) in [4.78, 5) is 22.0. The van der Waals surface area contributed by atoms with Gasteiger partial charge < -0.3 is 10.0 Å². The van der Waals surface area contributed by atoms with Gasteiger partial charge in [-0.3, -0.25) is 0 Å². The Labute approximate surface area is 113 Å². The first-order chi connectivity index (χ1) is 8.88. The van der Waals surface area contributed by atoms with Gasteiger partial charge in [-0.2, -0.15) is 0 Å². The number of nitrogens with zero attached hydrogens (tertiary/aromatic N) is 3. The quantitative estimate of drug-likeness (QED) is 0.887. The van der Waals surface area contributed by atoms with Gasteiger partial charge in [-0.1, -0.05) is 20.8 Å². The molecule has 19 heavy (non-hydrogen) atoms. The summed E-state index contributed by atoms with van der Waals surface area (Å²) in [5, 5.41) is 9.19. The van der Waals surface area contributed by atoms with E-state index in [1.54, 1.807) is 6.07 Å². The molecule has 104 valence electrons. The number of rotatable bonds is 2. The van der Waals surface area contributed by atoms with Crippen LogP contribution in [0, 0.1) is 0 Å². The van der Waals surface area contributed by atoms with Crippen LogP contribution in [0.3, 0.4) is 0 Å². The number of carbonyl (C=O) groups is 1. The van der Waals surface area contributed by atoms with Gasteiger partial charge in [0.15, 0.2) is 5.69 Å². The lowest BCUT2D eigenvalue weighted by Gasteiger charge is -2.28. The summed E-state index contributed by atoms with van der Waals surface area (Å²) >= 11 is 0. The van der Waals surface area contributed by atoms with E-state index in [1.807, 2.05) is 20.8 Å². The van der Waals surface area contributed by atoms with Gasteiger partial charge in [-0.15, -0.1) is 0 Å². The molecule has 1 aliphatic rings. The monoisotopic (exact) mass is 263 g/mol. The lowest BCUT2D eigenvalue weighted by Crippen LogP contribution is -2.32. The van der Waals surface area contributed by atoms with Gasteiger partial charge in [0.25, 0.3) is 0 Å². The summed E-state index contributed by atoms with van der Waals surface area (Å²) < 4.78 is 0. The second-order valence-corrected chi connectivity index (χ2v) is 6.04. The van der Waals surface area contributed by atoms with Crippen LogP contribution in [0.1, 0.15) is 56.2 Å². The molecule has 0 bridgehead atoms. The minimum absolute atomic E-state index is 0.0838. The fourth-order valence-electron chi connectivity index (χ4n) is 2.16. The number of carboxylic acids is 1. The predicted octanol–water partition coefficient (Wildman–Crippen LogP) is 2.46. The van der Waals surface area contributed by atoms with E-state index < -0.39 is 5.97 Å². The normalized spacial score (nSPS) is 16.5. The van der Waals surface area contributed by atoms with Crippen LogP contribution in [0.2, 0.25) is 0 Å². The van der Waals surface area contributed by atoms with E-state index in [0.717, 1.165) is 31.6 Å². The molecule has 0 aliphatic carbocycles. The van der Waals surface area contributed by atoms with Crippen LogP contribution in [-0.2, 0) is 5.41 Å². The Hall–Kier alpha value is -1.65. The largest absolute Gasteiger partial charge is 0.477 e. The van der Waals surface area contributed by atoms with Gasteiger partial charge in [0.2, 0.25) is 5.95 Å². The van der Waals surface area contributed by atoms with Crippen molar-refractivity contribution >= 4 is 11.9 Å². The van der Waals surface area contributed by atoms with Crippen molar-refractivity contribution in [2.24, 2.45) is 0 Å². The number of aromatic nitrogens is 2. The number of carboxylic acid groups (broad SMARTS) is 1. The van der Waals surface area contributed by atoms with Crippen LogP contribution in [0.25, 0.3) is 0 Å². The molecule has 1 saturated heterocycles.